The van der Waals surface area contributed by atoms with Gasteiger partial charge in [-0.1, -0.05) is 121 Å². The van der Waals surface area contributed by atoms with Crippen molar-refractivity contribution in [3.8, 4) is 0 Å². The number of benzene rings is 4. The molecule has 15 heteroatoms. The lowest BCUT2D eigenvalue weighted by molar-refractivity contribution is -0.143. The summed E-state index contributed by atoms with van der Waals surface area (Å²) in [5.41, 5.74) is 9.44. The molecule has 6 atom stereocenters. The second kappa shape index (κ2) is 27.1. The molecule has 4 aromatic carbocycles. The normalized spacial score (nSPS) is 16.2. The summed E-state index contributed by atoms with van der Waals surface area (Å²) in [7, 11) is 0. The van der Waals surface area contributed by atoms with Gasteiger partial charge in [-0.3, -0.25) is 9.59 Å². The Balaban J connectivity index is 0.000000301. The third kappa shape index (κ3) is 23.5. The van der Waals surface area contributed by atoms with Gasteiger partial charge in [0, 0.05) is 24.5 Å². The van der Waals surface area contributed by atoms with Crippen LogP contribution < -0.4 is 21.7 Å². The summed E-state index contributed by atoms with van der Waals surface area (Å²) in [4.78, 5) is 55.9. The van der Waals surface area contributed by atoms with Crippen LogP contribution in [0.4, 0.5) is 14.4 Å². The van der Waals surface area contributed by atoms with Crippen LogP contribution in [0, 0.1) is 0 Å². The van der Waals surface area contributed by atoms with Crippen molar-refractivity contribution in [1.82, 2.24) is 16.0 Å². The van der Waals surface area contributed by atoms with Crippen molar-refractivity contribution in [2.75, 3.05) is 0 Å². The van der Waals surface area contributed by atoms with Gasteiger partial charge in [-0.2, -0.15) is 0 Å². The molecule has 0 aromatic heterocycles. The van der Waals surface area contributed by atoms with E-state index in [0.29, 0.717) is 38.5 Å². The molecule has 1 saturated heterocycles. The molecule has 0 spiro atoms. The first-order chi connectivity index (χ1) is 31.1. The van der Waals surface area contributed by atoms with Gasteiger partial charge in [0.2, 0.25) is 0 Å². The fourth-order valence-corrected chi connectivity index (χ4v) is 6.88. The standard InChI is InChI=1S/C24H30N2O4.C23H32N2O3.C4H6O4/c1-24(2,3)30-23(28)25-19(14-17-10-6-4-7-11-17)16-21-20(26-22(27)29-21)15-18-12-8-5-9-13-18;1-23(2,3)28-22(27)25-19(14-17-10-6-4-7-11-17)16-21(26)20(24)15-18-12-8-5-9-13-18;5-3(6)1-2-4(7)8/h4-13,19-21H,14-16H2,1-3H3,(H,25,28)(H,26,27);4-13,19-21,26H,14-16,24H2,1-3H3,(H,25,27);1-2H2,(H,5,6)(H,7,8)/t2*19-,20-,21-;/m00./s1. The number of ether oxygens (including phenoxy) is 3. The minimum absolute atomic E-state index is 0.154. The quantitative estimate of drug-likeness (QED) is 0.0478. The van der Waals surface area contributed by atoms with Crippen LogP contribution >= 0.6 is 0 Å². The minimum Gasteiger partial charge on any atom is -0.481 e. The van der Waals surface area contributed by atoms with E-state index in [-0.39, 0.29) is 37.1 Å². The number of rotatable bonds is 18. The number of hydrogen-bond donors (Lipinski definition) is 7. The summed E-state index contributed by atoms with van der Waals surface area (Å²) in [5, 5.41) is 35.2. The first-order valence-electron chi connectivity index (χ1n) is 22.1. The molecule has 15 nitrogen and oxygen atoms in total. The molecule has 0 radical (unpaired) electrons. The van der Waals surface area contributed by atoms with E-state index in [1.807, 2.05) is 163 Å². The molecule has 1 aliphatic heterocycles. The van der Waals surface area contributed by atoms with Crippen LogP contribution in [0.3, 0.4) is 0 Å². The average molecular weight is 913 g/mol. The molecule has 5 rings (SSSR count). The van der Waals surface area contributed by atoms with Gasteiger partial charge in [-0.15, -0.1) is 0 Å². The fraction of sp³-hybridized carbons (Fsp3) is 0.431. The third-order valence-electron chi connectivity index (χ3n) is 9.80. The Morgan fingerprint density at radius 3 is 1.42 bits per heavy atom. The van der Waals surface area contributed by atoms with Gasteiger partial charge < -0.3 is 51.2 Å². The Kier molecular flexibility index (Phi) is 22.1. The number of alkyl carbamates (subject to hydrolysis) is 3. The number of aliphatic carboxylic acids is 2. The first kappa shape index (κ1) is 53.9. The molecule has 3 amide bonds. The molecular weight excluding hydrogens is 845 g/mol. The van der Waals surface area contributed by atoms with E-state index < -0.39 is 53.6 Å². The minimum atomic E-state index is -1.08. The Morgan fingerprint density at radius 1 is 0.636 bits per heavy atom. The first-order valence-corrected chi connectivity index (χ1v) is 22.1. The summed E-state index contributed by atoms with van der Waals surface area (Å²) in [6.07, 6.45) is 0.228. The number of nitrogens with two attached hydrogens (primary N) is 1. The van der Waals surface area contributed by atoms with E-state index in [0.717, 1.165) is 22.3 Å². The van der Waals surface area contributed by atoms with Gasteiger partial charge in [-0.05, 0) is 95.9 Å². The molecule has 1 aliphatic rings. The number of carboxylic acids is 2. The highest BCUT2D eigenvalue weighted by molar-refractivity contribution is 5.75. The lowest BCUT2D eigenvalue weighted by Gasteiger charge is -2.27. The maximum Gasteiger partial charge on any atom is 0.407 e. The number of carbonyl (C=O) groups excluding carboxylic acids is 3. The highest BCUT2D eigenvalue weighted by Gasteiger charge is 2.36. The molecule has 0 saturated carbocycles. The maximum absolute atomic E-state index is 12.4. The Hall–Kier alpha value is -6.45. The summed E-state index contributed by atoms with van der Waals surface area (Å²) < 4.78 is 16.4. The fourth-order valence-electron chi connectivity index (χ4n) is 6.88. The van der Waals surface area contributed by atoms with Crippen molar-refractivity contribution in [3.63, 3.8) is 0 Å². The maximum atomic E-state index is 12.4. The van der Waals surface area contributed by atoms with Crippen LogP contribution in [0.25, 0.3) is 0 Å². The Labute approximate surface area is 388 Å². The molecule has 0 unspecified atom stereocenters. The average Bonchev–Trinajstić information content (AvgIpc) is 3.57. The number of aliphatic hydroxyl groups is 1. The van der Waals surface area contributed by atoms with Crippen molar-refractivity contribution < 1.29 is 53.5 Å². The number of carboxylic acid groups (broad SMARTS) is 2. The second-order valence-electron chi connectivity index (χ2n) is 18.1. The lowest BCUT2D eigenvalue weighted by Crippen LogP contribution is -2.46. The molecule has 1 fully saturated rings. The molecule has 0 bridgehead atoms. The second-order valence-corrected chi connectivity index (χ2v) is 18.1. The Bertz CT molecular complexity index is 2050. The van der Waals surface area contributed by atoms with E-state index in [2.05, 4.69) is 16.0 Å². The highest BCUT2D eigenvalue weighted by Crippen LogP contribution is 2.21. The SMILES string of the molecule is CC(C)(C)OC(=O)N[C@@H](Cc1ccccc1)C[C@@H]1OC(=O)N[C@H]1Cc1ccccc1.CC(C)(C)OC(=O)N[C@@H](Cc1ccccc1)C[C@H](O)[C@@H](N)Cc1ccccc1.O=C(O)CCC(=O)O. The number of cyclic esters (lactones) is 1. The van der Waals surface area contributed by atoms with E-state index in [1.165, 1.54) is 0 Å². The highest BCUT2D eigenvalue weighted by atomic mass is 16.6. The van der Waals surface area contributed by atoms with Crippen molar-refractivity contribution >= 4 is 30.2 Å². The summed E-state index contributed by atoms with van der Waals surface area (Å²) in [6.45, 7) is 11.0. The zero-order chi connectivity index (χ0) is 48.7. The zero-order valence-electron chi connectivity index (χ0n) is 38.9. The summed E-state index contributed by atoms with van der Waals surface area (Å²) in [5.74, 6) is -2.15. The van der Waals surface area contributed by atoms with Gasteiger partial charge >= 0.3 is 30.2 Å². The van der Waals surface area contributed by atoms with E-state index in [9.17, 15) is 29.1 Å². The number of hydrogen-bond acceptors (Lipinski definition) is 10. The van der Waals surface area contributed by atoms with Crippen LogP contribution in [0.5, 0.6) is 0 Å². The summed E-state index contributed by atoms with van der Waals surface area (Å²) in [6, 6.07) is 38.5. The molecule has 8 N–H and O–H groups in total. The molecular formula is C51H68N4O11. The zero-order valence-corrected chi connectivity index (χ0v) is 38.9. The van der Waals surface area contributed by atoms with E-state index >= 15 is 0 Å². The van der Waals surface area contributed by atoms with Gasteiger partial charge in [0.1, 0.15) is 17.3 Å². The third-order valence-corrected chi connectivity index (χ3v) is 9.80. The molecule has 4 aromatic rings. The van der Waals surface area contributed by atoms with E-state index in [4.69, 9.17) is 30.2 Å². The van der Waals surface area contributed by atoms with Gasteiger partial charge in [0.15, 0.2) is 0 Å². The topological polar surface area (TPSA) is 236 Å². The van der Waals surface area contributed by atoms with Crippen LogP contribution in [-0.4, -0.2) is 93.1 Å². The van der Waals surface area contributed by atoms with Crippen molar-refractivity contribution in [2.24, 2.45) is 5.73 Å². The molecule has 358 valence electrons. The van der Waals surface area contributed by atoms with Gasteiger partial charge in [0.25, 0.3) is 0 Å². The lowest BCUT2D eigenvalue weighted by atomic mass is 9.94. The van der Waals surface area contributed by atoms with Crippen molar-refractivity contribution in [3.05, 3.63) is 144 Å². The van der Waals surface area contributed by atoms with Crippen LogP contribution in [0.1, 0.15) is 89.5 Å². The largest absolute Gasteiger partial charge is 0.481 e. The smallest absolute Gasteiger partial charge is 0.407 e. The number of nitrogens with one attached hydrogen (secondary N) is 3. The van der Waals surface area contributed by atoms with Gasteiger partial charge in [-0.25, -0.2) is 14.4 Å². The monoisotopic (exact) mass is 912 g/mol. The number of carbonyl (C=O) groups is 5. The van der Waals surface area contributed by atoms with Crippen LogP contribution in [0.15, 0.2) is 121 Å². The summed E-state index contributed by atoms with van der Waals surface area (Å²) >= 11 is 0. The van der Waals surface area contributed by atoms with Crippen molar-refractivity contribution in [1.29, 1.82) is 0 Å². The molecule has 0 aliphatic carbocycles. The van der Waals surface area contributed by atoms with Gasteiger partial charge in [0.05, 0.1) is 25.0 Å². The van der Waals surface area contributed by atoms with Crippen LogP contribution in [0.2, 0.25) is 0 Å². The Morgan fingerprint density at radius 2 is 1.02 bits per heavy atom. The van der Waals surface area contributed by atoms with E-state index in [1.54, 1.807) is 0 Å². The molecule has 1 heterocycles. The number of amides is 3. The number of aliphatic hydroxyl groups excluding tert-OH is 1. The predicted octanol–water partition coefficient (Wildman–Crippen LogP) is 7.61. The molecule has 66 heavy (non-hydrogen) atoms. The van der Waals surface area contributed by atoms with Crippen LogP contribution in [-0.2, 0) is 49.5 Å². The predicted molar refractivity (Wildman–Crippen MR) is 252 cm³/mol. The van der Waals surface area contributed by atoms with Crippen molar-refractivity contribution in [2.45, 2.75) is 140 Å².